The van der Waals surface area contributed by atoms with E-state index < -0.39 is 0 Å². The number of hydrogen-bond donors (Lipinski definition) is 1. The van der Waals surface area contributed by atoms with Crippen LogP contribution < -0.4 is 5.73 Å². The summed E-state index contributed by atoms with van der Waals surface area (Å²) in [5, 5.41) is 0. The van der Waals surface area contributed by atoms with Crippen LogP contribution in [0.15, 0.2) is 0 Å². The Balaban J connectivity index is 1.61. The van der Waals surface area contributed by atoms with Gasteiger partial charge in [-0.2, -0.15) is 0 Å². The Morgan fingerprint density at radius 3 is 2.61 bits per heavy atom. The van der Waals surface area contributed by atoms with Gasteiger partial charge < -0.3 is 15.4 Å². The van der Waals surface area contributed by atoms with E-state index in [0.717, 1.165) is 25.3 Å². The Bertz CT molecular complexity index is 317. The molecule has 3 fully saturated rings. The summed E-state index contributed by atoms with van der Waals surface area (Å²) in [7, 11) is 0. The lowest BCUT2D eigenvalue weighted by molar-refractivity contribution is -0.145. The molecule has 1 saturated carbocycles. The molecule has 1 amide bonds. The highest BCUT2D eigenvalue weighted by Crippen LogP contribution is 2.38. The summed E-state index contributed by atoms with van der Waals surface area (Å²) in [6.07, 6.45) is 8.02. The topological polar surface area (TPSA) is 55.6 Å². The molecule has 0 aromatic heterocycles. The van der Waals surface area contributed by atoms with Crippen LogP contribution in [0.25, 0.3) is 0 Å². The van der Waals surface area contributed by atoms with E-state index >= 15 is 0 Å². The molecule has 3 aliphatic rings. The van der Waals surface area contributed by atoms with Crippen molar-refractivity contribution in [1.29, 1.82) is 0 Å². The molecule has 0 radical (unpaired) electrons. The second-order valence-electron chi connectivity index (χ2n) is 5.99. The quantitative estimate of drug-likeness (QED) is 0.823. The standard InChI is InChI=1S/C14H24N2O2/c15-9-11-6-7-13(18-11)14(17)16-8-2-5-12(16)10-3-1-4-10/h10-13H,1-9,15H2/t11-,12?,13+/m1/s1. The van der Waals surface area contributed by atoms with Crippen molar-refractivity contribution in [2.75, 3.05) is 13.1 Å². The predicted molar refractivity (Wildman–Crippen MR) is 69.0 cm³/mol. The number of ether oxygens (including phenoxy) is 1. The molecule has 0 aromatic rings. The lowest BCUT2D eigenvalue weighted by Gasteiger charge is -2.37. The first-order valence-electron chi connectivity index (χ1n) is 7.45. The Kier molecular flexibility index (Phi) is 3.57. The SMILES string of the molecule is NC[C@H]1CC[C@@H](C(=O)N2CCCC2C2CCC2)O1. The average Bonchev–Trinajstić information content (AvgIpc) is 2.94. The van der Waals surface area contributed by atoms with Crippen molar-refractivity contribution in [3.8, 4) is 0 Å². The molecule has 4 nitrogen and oxygen atoms in total. The van der Waals surface area contributed by atoms with Crippen molar-refractivity contribution in [2.45, 2.75) is 63.2 Å². The summed E-state index contributed by atoms with van der Waals surface area (Å²) in [4.78, 5) is 14.6. The first kappa shape index (κ1) is 12.4. The van der Waals surface area contributed by atoms with Gasteiger partial charge in [0, 0.05) is 19.1 Å². The molecule has 2 N–H and O–H groups in total. The Morgan fingerprint density at radius 2 is 2.00 bits per heavy atom. The second kappa shape index (κ2) is 5.17. The van der Waals surface area contributed by atoms with Gasteiger partial charge in [-0.15, -0.1) is 0 Å². The van der Waals surface area contributed by atoms with Crippen molar-refractivity contribution < 1.29 is 9.53 Å². The molecule has 0 bridgehead atoms. The van der Waals surface area contributed by atoms with Crippen molar-refractivity contribution in [1.82, 2.24) is 4.90 Å². The highest BCUT2D eigenvalue weighted by Gasteiger charge is 2.41. The van der Waals surface area contributed by atoms with Gasteiger partial charge in [0.2, 0.25) is 0 Å². The molecule has 3 rings (SSSR count). The zero-order chi connectivity index (χ0) is 12.5. The van der Waals surface area contributed by atoms with Crippen LogP contribution in [0.2, 0.25) is 0 Å². The summed E-state index contributed by atoms with van der Waals surface area (Å²) in [6.45, 7) is 1.48. The van der Waals surface area contributed by atoms with Crippen LogP contribution in [0, 0.1) is 5.92 Å². The molecule has 2 saturated heterocycles. The van der Waals surface area contributed by atoms with Crippen LogP contribution in [0.3, 0.4) is 0 Å². The van der Waals surface area contributed by atoms with Gasteiger partial charge in [0.05, 0.1) is 6.10 Å². The molecule has 2 aliphatic heterocycles. The summed E-state index contributed by atoms with van der Waals surface area (Å²) < 4.78 is 5.75. The van der Waals surface area contributed by atoms with Gasteiger partial charge in [-0.25, -0.2) is 0 Å². The van der Waals surface area contributed by atoms with Crippen molar-refractivity contribution in [3.63, 3.8) is 0 Å². The molecule has 0 spiro atoms. The fraction of sp³-hybridized carbons (Fsp3) is 0.929. The molecule has 4 heteroatoms. The summed E-state index contributed by atoms with van der Waals surface area (Å²) in [5.74, 6) is 1.00. The van der Waals surface area contributed by atoms with E-state index in [1.54, 1.807) is 0 Å². The van der Waals surface area contributed by atoms with Gasteiger partial charge >= 0.3 is 0 Å². The van der Waals surface area contributed by atoms with E-state index in [9.17, 15) is 4.79 Å². The summed E-state index contributed by atoms with van der Waals surface area (Å²) in [5.41, 5.74) is 5.61. The molecular weight excluding hydrogens is 228 g/mol. The summed E-state index contributed by atoms with van der Waals surface area (Å²) >= 11 is 0. The Hall–Kier alpha value is -0.610. The van der Waals surface area contributed by atoms with Crippen LogP contribution in [0.1, 0.15) is 44.9 Å². The minimum absolute atomic E-state index is 0.101. The molecular formula is C14H24N2O2. The van der Waals surface area contributed by atoms with Gasteiger partial charge in [-0.1, -0.05) is 6.42 Å². The van der Waals surface area contributed by atoms with Gasteiger partial charge in [-0.05, 0) is 44.4 Å². The lowest BCUT2D eigenvalue weighted by atomic mass is 9.78. The number of carbonyl (C=O) groups is 1. The van der Waals surface area contributed by atoms with Gasteiger partial charge in [0.1, 0.15) is 6.10 Å². The Labute approximate surface area is 109 Å². The van der Waals surface area contributed by atoms with Crippen LogP contribution in [0.4, 0.5) is 0 Å². The number of rotatable bonds is 3. The summed E-state index contributed by atoms with van der Waals surface area (Å²) in [6, 6.07) is 0.506. The first-order valence-corrected chi connectivity index (χ1v) is 7.45. The van der Waals surface area contributed by atoms with Gasteiger partial charge in [0.25, 0.3) is 5.91 Å². The number of hydrogen-bond acceptors (Lipinski definition) is 3. The smallest absolute Gasteiger partial charge is 0.251 e. The third-order valence-electron chi connectivity index (χ3n) is 4.92. The van der Waals surface area contributed by atoms with Gasteiger partial charge in [0.15, 0.2) is 0 Å². The van der Waals surface area contributed by atoms with Gasteiger partial charge in [-0.3, -0.25) is 4.79 Å². The van der Waals surface area contributed by atoms with Crippen molar-refractivity contribution in [3.05, 3.63) is 0 Å². The maximum absolute atomic E-state index is 12.5. The maximum atomic E-state index is 12.5. The number of nitrogens with zero attached hydrogens (tertiary/aromatic N) is 1. The highest BCUT2D eigenvalue weighted by molar-refractivity contribution is 5.81. The fourth-order valence-electron chi connectivity index (χ4n) is 3.63. The van der Waals surface area contributed by atoms with Crippen molar-refractivity contribution >= 4 is 5.91 Å². The second-order valence-corrected chi connectivity index (χ2v) is 5.99. The Morgan fingerprint density at radius 1 is 1.17 bits per heavy atom. The molecule has 0 aromatic carbocycles. The number of likely N-dealkylation sites (tertiary alicyclic amines) is 1. The zero-order valence-corrected chi connectivity index (χ0v) is 11.0. The highest BCUT2D eigenvalue weighted by atomic mass is 16.5. The van der Waals surface area contributed by atoms with Crippen molar-refractivity contribution in [2.24, 2.45) is 11.7 Å². The first-order chi connectivity index (χ1) is 8.79. The van der Waals surface area contributed by atoms with E-state index in [0.29, 0.717) is 12.6 Å². The molecule has 102 valence electrons. The molecule has 3 atom stereocenters. The van der Waals surface area contributed by atoms with E-state index in [1.165, 1.54) is 32.1 Å². The van der Waals surface area contributed by atoms with Crippen LogP contribution in [-0.2, 0) is 9.53 Å². The third-order valence-corrected chi connectivity index (χ3v) is 4.92. The van der Waals surface area contributed by atoms with Crippen LogP contribution >= 0.6 is 0 Å². The lowest BCUT2D eigenvalue weighted by Crippen LogP contribution is -2.46. The van der Waals surface area contributed by atoms with E-state index in [2.05, 4.69) is 4.90 Å². The minimum Gasteiger partial charge on any atom is -0.364 e. The van der Waals surface area contributed by atoms with E-state index in [4.69, 9.17) is 10.5 Å². The van der Waals surface area contributed by atoms with Crippen LogP contribution in [0.5, 0.6) is 0 Å². The third kappa shape index (κ3) is 2.16. The predicted octanol–water partition coefficient (Wildman–Crippen LogP) is 1.28. The monoisotopic (exact) mass is 252 g/mol. The minimum atomic E-state index is -0.209. The normalized spacial score (nSPS) is 36.9. The van der Waals surface area contributed by atoms with E-state index in [-0.39, 0.29) is 18.1 Å². The zero-order valence-electron chi connectivity index (χ0n) is 11.0. The molecule has 1 unspecified atom stereocenters. The maximum Gasteiger partial charge on any atom is 0.251 e. The fourth-order valence-corrected chi connectivity index (χ4v) is 3.63. The largest absolute Gasteiger partial charge is 0.364 e. The average molecular weight is 252 g/mol. The van der Waals surface area contributed by atoms with E-state index in [1.807, 2.05) is 0 Å². The number of carbonyl (C=O) groups excluding carboxylic acids is 1. The number of nitrogens with two attached hydrogens (primary N) is 1. The number of amides is 1. The molecule has 1 aliphatic carbocycles. The molecule has 18 heavy (non-hydrogen) atoms. The molecule has 2 heterocycles. The van der Waals surface area contributed by atoms with Crippen LogP contribution in [-0.4, -0.2) is 42.1 Å².